The Labute approximate surface area is 173 Å². The number of benzene rings is 2. The van der Waals surface area contributed by atoms with Gasteiger partial charge in [0.05, 0.1) is 0 Å². The van der Waals surface area contributed by atoms with E-state index in [1.165, 1.54) is 31.4 Å². The van der Waals surface area contributed by atoms with Crippen LogP contribution in [-0.2, 0) is 6.54 Å². The van der Waals surface area contributed by atoms with Gasteiger partial charge in [0.15, 0.2) is 0 Å². The van der Waals surface area contributed by atoms with Gasteiger partial charge >= 0.3 is 6.03 Å². The van der Waals surface area contributed by atoms with E-state index in [0.29, 0.717) is 13.1 Å². The number of nitrogens with zero attached hydrogens (tertiary/aromatic N) is 3. The van der Waals surface area contributed by atoms with Crippen LogP contribution in [0.1, 0.15) is 24.8 Å². The van der Waals surface area contributed by atoms with Crippen molar-refractivity contribution in [1.29, 1.82) is 0 Å². The average Bonchev–Trinajstić information content (AvgIpc) is 2.73. The SMILES string of the molecule is CN(C)CCN(Cc1ccc(F)cc1)C(=O)Nc1cccc(N2CCCCC2)c1. The Morgan fingerprint density at radius 1 is 1.03 bits per heavy atom. The lowest BCUT2D eigenvalue weighted by Gasteiger charge is -2.29. The zero-order chi connectivity index (χ0) is 20.6. The van der Waals surface area contributed by atoms with Gasteiger partial charge in [-0.05, 0) is 69.3 Å². The van der Waals surface area contributed by atoms with Crippen molar-refractivity contribution < 1.29 is 9.18 Å². The molecule has 1 heterocycles. The molecule has 2 amide bonds. The summed E-state index contributed by atoms with van der Waals surface area (Å²) in [6.45, 7) is 3.91. The van der Waals surface area contributed by atoms with Crippen molar-refractivity contribution >= 4 is 17.4 Å². The first-order valence-corrected chi connectivity index (χ1v) is 10.3. The molecule has 0 aromatic heterocycles. The zero-order valence-electron chi connectivity index (χ0n) is 17.4. The van der Waals surface area contributed by atoms with Gasteiger partial charge in [-0.3, -0.25) is 0 Å². The number of urea groups is 1. The van der Waals surface area contributed by atoms with Crippen LogP contribution in [0.5, 0.6) is 0 Å². The molecule has 0 aliphatic carbocycles. The maximum atomic E-state index is 13.2. The van der Waals surface area contributed by atoms with E-state index in [-0.39, 0.29) is 11.8 Å². The third kappa shape index (κ3) is 6.46. The Hall–Kier alpha value is -2.60. The second-order valence-corrected chi connectivity index (χ2v) is 7.88. The normalized spacial score (nSPS) is 14.1. The summed E-state index contributed by atoms with van der Waals surface area (Å²) in [7, 11) is 3.96. The van der Waals surface area contributed by atoms with Crippen LogP contribution in [-0.4, -0.2) is 56.1 Å². The third-order valence-electron chi connectivity index (χ3n) is 5.21. The summed E-state index contributed by atoms with van der Waals surface area (Å²) < 4.78 is 13.2. The van der Waals surface area contributed by atoms with Crippen LogP contribution in [0.25, 0.3) is 0 Å². The molecule has 6 heteroatoms. The first-order valence-electron chi connectivity index (χ1n) is 10.3. The third-order valence-corrected chi connectivity index (χ3v) is 5.21. The predicted molar refractivity (Wildman–Crippen MR) is 117 cm³/mol. The minimum absolute atomic E-state index is 0.146. The van der Waals surface area contributed by atoms with E-state index in [2.05, 4.69) is 16.3 Å². The van der Waals surface area contributed by atoms with Gasteiger partial charge in [-0.1, -0.05) is 18.2 Å². The monoisotopic (exact) mass is 398 g/mol. The van der Waals surface area contributed by atoms with E-state index in [1.807, 2.05) is 37.2 Å². The van der Waals surface area contributed by atoms with Crippen LogP contribution in [0, 0.1) is 5.82 Å². The molecule has 5 nitrogen and oxygen atoms in total. The van der Waals surface area contributed by atoms with Crippen molar-refractivity contribution in [3.63, 3.8) is 0 Å². The molecular formula is C23H31FN4O. The highest BCUT2D eigenvalue weighted by Crippen LogP contribution is 2.23. The van der Waals surface area contributed by atoms with Crippen LogP contribution in [0.15, 0.2) is 48.5 Å². The Bertz CT molecular complexity index is 788. The molecule has 1 N–H and O–H groups in total. The molecule has 1 saturated heterocycles. The highest BCUT2D eigenvalue weighted by atomic mass is 19.1. The topological polar surface area (TPSA) is 38.8 Å². The lowest BCUT2D eigenvalue weighted by Crippen LogP contribution is -2.39. The highest BCUT2D eigenvalue weighted by Gasteiger charge is 2.16. The number of anilines is 2. The Balaban J connectivity index is 1.68. The summed E-state index contributed by atoms with van der Waals surface area (Å²) in [5, 5.41) is 3.04. The van der Waals surface area contributed by atoms with Gasteiger partial charge in [0.25, 0.3) is 0 Å². The molecule has 0 atom stereocenters. The quantitative estimate of drug-likeness (QED) is 0.751. The minimum Gasteiger partial charge on any atom is -0.371 e. The van der Waals surface area contributed by atoms with Crippen molar-refractivity contribution in [3.8, 4) is 0 Å². The molecule has 1 aliphatic heterocycles. The number of nitrogens with one attached hydrogen (secondary N) is 1. The minimum atomic E-state index is -0.271. The van der Waals surface area contributed by atoms with E-state index >= 15 is 0 Å². The number of likely N-dealkylation sites (N-methyl/N-ethyl adjacent to an activating group) is 1. The fourth-order valence-corrected chi connectivity index (χ4v) is 3.52. The predicted octanol–water partition coefficient (Wildman–Crippen LogP) is 4.41. The van der Waals surface area contributed by atoms with Crippen LogP contribution in [0.2, 0.25) is 0 Å². The molecule has 2 aromatic rings. The Morgan fingerprint density at radius 2 is 1.76 bits per heavy atom. The average molecular weight is 399 g/mol. The number of halogens is 1. The van der Waals surface area contributed by atoms with E-state index in [9.17, 15) is 9.18 Å². The standard InChI is InChI=1S/C23H31FN4O/c1-26(2)15-16-28(18-19-9-11-20(24)12-10-19)23(29)25-21-7-6-8-22(17-21)27-13-4-3-5-14-27/h6-12,17H,3-5,13-16,18H2,1-2H3,(H,25,29). The van der Waals surface area contributed by atoms with Gasteiger partial charge in [0, 0.05) is 44.1 Å². The first kappa shape index (κ1) is 21.1. The van der Waals surface area contributed by atoms with Gasteiger partial charge in [-0.15, -0.1) is 0 Å². The number of piperidine rings is 1. The van der Waals surface area contributed by atoms with Crippen LogP contribution < -0.4 is 10.2 Å². The smallest absolute Gasteiger partial charge is 0.322 e. The summed E-state index contributed by atoms with van der Waals surface area (Å²) in [6, 6.07) is 14.2. The number of rotatable bonds is 7. The maximum Gasteiger partial charge on any atom is 0.322 e. The molecule has 0 bridgehead atoms. The molecular weight excluding hydrogens is 367 g/mol. The molecule has 0 spiro atoms. The summed E-state index contributed by atoms with van der Waals surface area (Å²) in [4.78, 5) is 19.2. The number of carbonyl (C=O) groups is 1. The zero-order valence-corrected chi connectivity index (χ0v) is 17.4. The summed E-state index contributed by atoms with van der Waals surface area (Å²) >= 11 is 0. The first-order chi connectivity index (χ1) is 14.0. The fraction of sp³-hybridized carbons (Fsp3) is 0.435. The highest BCUT2D eigenvalue weighted by molar-refractivity contribution is 5.90. The molecule has 2 aromatic carbocycles. The molecule has 0 radical (unpaired) electrons. The second-order valence-electron chi connectivity index (χ2n) is 7.88. The molecule has 0 saturated carbocycles. The molecule has 3 rings (SSSR count). The fourth-order valence-electron chi connectivity index (χ4n) is 3.52. The van der Waals surface area contributed by atoms with Gasteiger partial charge in [-0.25, -0.2) is 9.18 Å². The number of hydrogen-bond donors (Lipinski definition) is 1. The summed E-state index contributed by atoms with van der Waals surface area (Å²) in [6.07, 6.45) is 3.72. The van der Waals surface area contributed by atoms with Crippen molar-refractivity contribution in [2.24, 2.45) is 0 Å². The molecule has 156 valence electrons. The van der Waals surface area contributed by atoms with Crippen molar-refractivity contribution in [3.05, 3.63) is 59.9 Å². The largest absolute Gasteiger partial charge is 0.371 e. The number of carbonyl (C=O) groups excluding carboxylic acids is 1. The Morgan fingerprint density at radius 3 is 2.45 bits per heavy atom. The van der Waals surface area contributed by atoms with Gasteiger partial charge in [0.1, 0.15) is 5.82 Å². The van der Waals surface area contributed by atoms with Crippen LogP contribution >= 0.6 is 0 Å². The Kier molecular flexibility index (Phi) is 7.47. The molecule has 1 aliphatic rings. The number of hydrogen-bond acceptors (Lipinski definition) is 3. The molecule has 0 unspecified atom stereocenters. The van der Waals surface area contributed by atoms with E-state index < -0.39 is 0 Å². The molecule has 1 fully saturated rings. The van der Waals surface area contributed by atoms with Crippen molar-refractivity contribution in [2.45, 2.75) is 25.8 Å². The lowest BCUT2D eigenvalue weighted by molar-refractivity contribution is 0.202. The lowest BCUT2D eigenvalue weighted by atomic mass is 10.1. The van der Waals surface area contributed by atoms with E-state index in [4.69, 9.17) is 0 Å². The van der Waals surface area contributed by atoms with E-state index in [1.54, 1.807) is 17.0 Å². The van der Waals surface area contributed by atoms with E-state index in [0.717, 1.165) is 36.6 Å². The van der Waals surface area contributed by atoms with Gasteiger partial charge in [-0.2, -0.15) is 0 Å². The maximum absolute atomic E-state index is 13.2. The summed E-state index contributed by atoms with van der Waals surface area (Å²) in [5.41, 5.74) is 2.86. The van der Waals surface area contributed by atoms with Gasteiger partial charge < -0.3 is 20.0 Å². The second kappa shape index (κ2) is 10.3. The van der Waals surface area contributed by atoms with Crippen molar-refractivity contribution in [1.82, 2.24) is 9.80 Å². The van der Waals surface area contributed by atoms with Gasteiger partial charge in [0.2, 0.25) is 0 Å². The number of amides is 2. The van der Waals surface area contributed by atoms with Crippen LogP contribution in [0.3, 0.4) is 0 Å². The molecule has 29 heavy (non-hydrogen) atoms. The van der Waals surface area contributed by atoms with Crippen LogP contribution in [0.4, 0.5) is 20.6 Å². The van der Waals surface area contributed by atoms with Crippen molar-refractivity contribution in [2.75, 3.05) is 50.5 Å². The summed E-state index contributed by atoms with van der Waals surface area (Å²) in [5.74, 6) is -0.271.